The molecule has 0 spiro atoms. The van der Waals surface area contributed by atoms with Gasteiger partial charge in [-0.15, -0.1) is 0 Å². The van der Waals surface area contributed by atoms with Crippen molar-refractivity contribution < 1.29 is 9.53 Å². The van der Waals surface area contributed by atoms with Crippen molar-refractivity contribution >= 4 is 11.6 Å². The Morgan fingerprint density at radius 3 is 2.35 bits per heavy atom. The summed E-state index contributed by atoms with van der Waals surface area (Å²) in [6.45, 7) is 7.64. The highest BCUT2D eigenvalue weighted by atomic mass is 16.5. The van der Waals surface area contributed by atoms with Crippen LogP contribution >= 0.6 is 0 Å². The first-order valence-electron chi connectivity index (χ1n) is 7.35. The second kappa shape index (κ2) is 9.37. The molecule has 0 saturated heterocycles. The van der Waals surface area contributed by atoms with Gasteiger partial charge < -0.3 is 15.0 Å². The Morgan fingerprint density at radius 1 is 1.15 bits per heavy atom. The average Bonchev–Trinajstić information content (AvgIpc) is 2.49. The van der Waals surface area contributed by atoms with Crippen LogP contribution < -0.4 is 10.2 Å². The van der Waals surface area contributed by atoms with E-state index in [0.29, 0.717) is 12.1 Å². The summed E-state index contributed by atoms with van der Waals surface area (Å²) in [4.78, 5) is 14.2. The lowest BCUT2D eigenvalue weighted by atomic mass is 10.1. The molecule has 4 nitrogen and oxygen atoms in total. The van der Waals surface area contributed by atoms with Crippen molar-refractivity contribution in [2.24, 2.45) is 0 Å². The van der Waals surface area contributed by atoms with Gasteiger partial charge in [0, 0.05) is 44.6 Å². The van der Waals surface area contributed by atoms with Gasteiger partial charge in [-0.1, -0.05) is 0 Å². The quantitative estimate of drug-likeness (QED) is 0.706. The van der Waals surface area contributed by atoms with Crippen LogP contribution in [0.25, 0.3) is 0 Å². The number of nitrogens with one attached hydrogen (secondary N) is 1. The number of hydrogen-bond donors (Lipinski definition) is 1. The zero-order chi connectivity index (χ0) is 14.8. The molecule has 0 aromatic heterocycles. The van der Waals surface area contributed by atoms with E-state index in [9.17, 15) is 4.79 Å². The first kappa shape index (κ1) is 16.5. The number of nitrogens with zero attached hydrogens (tertiary/aromatic N) is 1. The fourth-order valence-corrected chi connectivity index (χ4v) is 2.09. The molecule has 1 amide bonds. The number of unbranched alkanes of at least 4 members (excludes halogenated alkanes) is 1. The van der Waals surface area contributed by atoms with E-state index in [1.54, 1.807) is 7.11 Å². The zero-order valence-corrected chi connectivity index (χ0v) is 12.8. The molecule has 0 aliphatic rings. The van der Waals surface area contributed by atoms with Crippen LogP contribution in [0.3, 0.4) is 0 Å². The van der Waals surface area contributed by atoms with Crippen molar-refractivity contribution in [3.8, 4) is 0 Å². The topological polar surface area (TPSA) is 41.6 Å². The van der Waals surface area contributed by atoms with Crippen LogP contribution in [-0.2, 0) is 4.74 Å². The van der Waals surface area contributed by atoms with E-state index in [2.05, 4.69) is 24.1 Å². The van der Waals surface area contributed by atoms with Gasteiger partial charge in [0.15, 0.2) is 0 Å². The third-order valence-corrected chi connectivity index (χ3v) is 3.32. The van der Waals surface area contributed by atoms with E-state index < -0.39 is 0 Å². The van der Waals surface area contributed by atoms with Gasteiger partial charge in [0.1, 0.15) is 0 Å². The van der Waals surface area contributed by atoms with Crippen LogP contribution in [0.1, 0.15) is 37.0 Å². The minimum Gasteiger partial charge on any atom is -0.385 e. The number of ether oxygens (including phenoxy) is 1. The number of carbonyl (C=O) groups excluding carboxylic acids is 1. The van der Waals surface area contributed by atoms with E-state index in [4.69, 9.17) is 4.74 Å². The van der Waals surface area contributed by atoms with Gasteiger partial charge >= 0.3 is 0 Å². The Hall–Kier alpha value is -1.55. The van der Waals surface area contributed by atoms with E-state index >= 15 is 0 Å². The van der Waals surface area contributed by atoms with Gasteiger partial charge in [-0.2, -0.15) is 0 Å². The minimum absolute atomic E-state index is 0.00601. The maximum absolute atomic E-state index is 11.9. The Bertz CT molecular complexity index is 386. The maximum atomic E-state index is 11.9. The second-order valence-corrected chi connectivity index (χ2v) is 4.67. The molecule has 0 unspecified atom stereocenters. The van der Waals surface area contributed by atoms with Gasteiger partial charge in [-0.3, -0.25) is 4.79 Å². The first-order chi connectivity index (χ1) is 9.72. The lowest BCUT2D eigenvalue weighted by molar-refractivity contribution is 0.0951. The molecule has 4 heteroatoms. The normalized spacial score (nSPS) is 10.3. The van der Waals surface area contributed by atoms with Crippen LogP contribution in [0.5, 0.6) is 0 Å². The number of carbonyl (C=O) groups is 1. The predicted octanol–water partition coefficient (Wildman–Crippen LogP) is 2.69. The van der Waals surface area contributed by atoms with Crippen molar-refractivity contribution in [2.75, 3.05) is 38.3 Å². The van der Waals surface area contributed by atoms with E-state index in [-0.39, 0.29) is 5.91 Å². The van der Waals surface area contributed by atoms with Crippen molar-refractivity contribution in [3.05, 3.63) is 29.8 Å². The summed E-state index contributed by atoms with van der Waals surface area (Å²) >= 11 is 0. The highest BCUT2D eigenvalue weighted by Crippen LogP contribution is 2.14. The number of benzene rings is 1. The SMILES string of the molecule is CCN(CC)c1ccc(C(=O)NCCCCOC)cc1. The van der Waals surface area contributed by atoms with Crippen molar-refractivity contribution in [2.45, 2.75) is 26.7 Å². The summed E-state index contributed by atoms with van der Waals surface area (Å²) in [5, 5.41) is 2.93. The van der Waals surface area contributed by atoms with Crippen molar-refractivity contribution in [1.29, 1.82) is 0 Å². The molecular weight excluding hydrogens is 252 g/mol. The number of methoxy groups -OCH3 is 1. The first-order valence-corrected chi connectivity index (χ1v) is 7.35. The molecule has 0 fully saturated rings. The van der Waals surface area contributed by atoms with E-state index in [0.717, 1.165) is 38.2 Å². The van der Waals surface area contributed by atoms with E-state index in [1.165, 1.54) is 0 Å². The maximum Gasteiger partial charge on any atom is 0.251 e. The fraction of sp³-hybridized carbons (Fsp3) is 0.562. The molecule has 0 aliphatic heterocycles. The Labute approximate surface area is 122 Å². The molecule has 0 saturated carbocycles. The van der Waals surface area contributed by atoms with Crippen molar-refractivity contribution in [1.82, 2.24) is 5.32 Å². The molecule has 112 valence electrons. The van der Waals surface area contributed by atoms with Crippen molar-refractivity contribution in [3.63, 3.8) is 0 Å². The van der Waals surface area contributed by atoms with Gasteiger partial charge in [-0.05, 0) is 51.0 Å². The highest BCUT2D eigenvalue weighted by Gasteiger charge is 2.06. The Morgan fingerprint density at radius 2 is 1.80 bits per heavy atom. The fourth-order valence-electron chi connectivity index (χ4n) is 2.09. The van der Waals surface area contributed by atoms with Crippen LogP contribution in [-0.4, -0.2) is 39.3 Å². The molecule has 1 aromatic rings. The summed E-state index contributed by atoms with van der Waals surface area (Å²) in [7, 11) is 1.69. The summed E-state index contributed by atoms with van der Waals surface area (Å²) < 4.78 is 4.97. The van der Waals surface area contributed by atoms with Gasteiger partial charge in [-0.25, -0.2) is 0 Å². The molecule has 0 radical (unpaired) electrons. The van der Waals surface area contributed by atoms with Crippen LogP contribution in [0.4, 0.5) is 5.69 Å². The minimum atomic E-state index is -0.00601. The molecule has 1 N–H and O–H groups in total. The molecule has 20 heavy (non-hydrogen) atoms. The number of anilines is 1. The average molecular weight is 278 g/mol. The Balaban J connectivity index is 2.45. The van der Waals surface area contributed by atoms with E-state index in [1.807, 2.05) is 24.3 Å². The van der Waals surface area contributed by atoms with Gasteiger partial charge in [0.25, 0.3) is 5.91 Å². The third-order valence-electron chi connectivity index (χ3n) is 3.32. The summed E-state index contributed by atoms with van der Waals surface area (Å²) in [5.41, 5.74) is 1.87. The molecule has 0 atom stereocenters. The highest BCUT2D eigenvalue weighted by molar-refractivity contribution is 5.94. The molecular formula is C16H26N2O2. The van der Waals surface area contributed by atoms with Crippen LogP contribution in [0.2, 0.25) is 0 Å². The van der Waals surface area contributed by atoms with Gasteiger partial charge in [0.05, 0.1) is 0 Å². The summed E-state index contributed by atoms with van der Waals surface area (Å²) in [5.74, 6) is -0.00601. The molecule has 1 rings (SSSR count). The number of amides is 1. The second-order valence-electron chi connectivity index (χ2n) is 4.67. The molecule has 0 heterocycles. The zero-order valence-electron chi connectivity index (χ0n) is 12.8. The van der Waals surface area contributed by atoms with Crippen LogP contribution in [0.15, 0.2) is 24.3 Å². The Kier molecular flexibility index (Phi) is 7.73. The number of hydrogen-bond acceptors (Lipinski definition) is 3. The molecule has 1 aromatic carbocycles. The third kappa shape index (κ3) is 5.21. The predicted molar refractivity (Wildman–Crippen MR) is 83.4 cm³/mol. The molecule has 0 aliphatic carbocycles. The smallest absolute Gasteiger partial charge is 0.251 e. The summed E-state index contributed by atoms with van der Waals surface area (Å²) in [6.07, 6.45) is 1.91. The standard InChI is InChI=1S/C16H26N2O2/c1-4-18(5-2)15-10-8-14(9-11-15)16(19)17-12-6-7-13-20-3/h8-11H,4-7,12-13H2,1-3H3,(H,17,19). The number of rotatable bonds is 9. The summed E-state index contributed by atoms with van der Waals surface area (Å²) in [6, 6.07) is 7.79. The van der Waals surface area contributed by atoms with Crippen LogP contribution in [0, 0.1) is 0 Å². The largest absolute Gasteiger partial charge is 0.385 e. The molecule has 0 bridgehead atoms. The lowest BCUT2D eigenvalue weighted by Crippen LogP contribution is -2.25. The lowest BCUT2D eigenvalue weighted by Gasteiger charge is -2.21. The monoisotopic (exact) mass is 278 g/mol. The van der Waals surface area contributed by atoms with Gasteiger partial charge in [0.2, 0.25) is 0 Å².